The SMILES string of the molecule is COc1ccc(CNc2ncnc3c2c(C2CCCC2)cn3[C@H]2C[C@H](O)[C@@H](COc3ccc4ccc(N(C)Cc5ccc(OC)cc5OC)nc4c3)O2)c(OC)c1. The maximum Gasteiger partial charge on any atom is 0.147 e. The van der Waals surface area contributed by atoms with E-state index < -0.39 is 18.4 Å². The van der Waals surface area contributed by atoms with E-state index >= 15 is 0 Å². The molecule has 0 amide bonds. The van der Waals surface area contributed by atoms with Crippen molar-refractivity contribution in [2.75, 3.05) is 52.3 Å². The van der Waals surface area contributed by atoms with Gasteiger partial charge in [-0.2, -0.15) is 0 Å². The number of fused-ring (bicyclic) bond motifs is 2. The molecule has 3 aromatic heterocycles. The van der Waals surface area contributed by atoms with Crippen molar-refractivity contribution in [2.24, 2.45) is 0 Å². The first-order chi connectivity index (χ1) is 27.8. The first-order valence-corrected chi connectivity index (χ1v) is 19.4. The second-order valence-corrected chi connectivity index (χ2v) is 14.7. The molecule has 298 valence electrons. The summed E-state index contributed by atoms with van der Waals surface area (Å²) < 4.78 is 36.9. The van der Waals surface area contributed by atoms with Crippen LogP contribution in [0.2, 0.25) is 0 Å². The van der Waals surface area contributed by atoms with E-state index in [1.807, 2.05) is 67.7 Å². The molecule has 13 heteroatoms. The molecule has 1 aliphatic carbocycles. The van der Waals surface area contributed by atoms with E-state index in [-0.39, 0.29) is 6.61 Å². The standard InChI is InChI=1S/C44H50N6O7/c1-49(23-30-12-15-32(53-3)20-38(30)55-5)40-17-13-28-10-16-33(18-35(28)48-40)56-25-39-36(51)21-41(57-39)50-24-34(27-8-6-7-9-27)42-43(46-26-47-44(42)50)45-22-29-11-14-31(52-2)19-37(29)54-4/h10-20,24,26-27,36,39,41,51H,6-9,21-23,25H2,1-5H3,(H,45,46,47)/t36-,39+,41+/m0/s1. The predicted octanol–water partition coefficient (Wildman–Crippen LogP) is 7.65. The summed E-state index contributed by atoms with van der Waals surface area (Å²) in [5.74, 6) is 5.59. The fourth-order valence-electron chi connectivity index (χ4n) is 8.11. The highest BCUT2D eigenvalue weighted by Gasteiger charge is 2.37. The van der Waals surface area contributed by atoms with Gasteiger partial charge in [-0.3, -0.25) is 0 Å². The highest BCUT2D eigenvalue weighted by Crippen LogP contribution is 2.43. The Kier molecular flexibility index (Phi) is 11.2. The normalized spacial score (nSPS) is 18.2. The van der Waals surface area contributed by atoms with E-state index in [0.717, 1.165) is 80.5 Å². The molecule has 2 N–H and O–H groups in total. The second-order valence-electron chi connectivity index (χ2n) is 14.7. The van der Waals surface area contributed by atoms with E-state index in [9.17, 15) is 5.11 Å². The number of rotatable bonds is 15. The largest absolute Gasteiger partial charge is 0.497 e. The molecule has 3 aromatic carbocycles. The van der Waals surface area contributed by atoms with Crippen molar-refractivity contribution in [2.45, 2.75) is 69.5 Å². The predicted molar refractivity (Wildman–Crippen MR) is 219 cm³/mol. The maximum atomic E-state index is 11.3. The molecule has 1 aliphatic heterocycles. The quantitative estimate of drug-likeness (QED) is 0.106. The number of aliphatic hydroxyl groups excluding tert-OH is 1. The van der Waals surface area contributed by atoms with E-state index in [1.165, 1.54) is 18.4 Å². The number of methoxy groups -OCH3 is 4. The number of hydrogen-bond acceptors (Lipinski definition) is 12. The zero-order valence-corrected chi connectivity index (χ0v) is 33.1. The van der Waals surface area contributed by atoms with Crippen LogP contribution in [0.3, 0.4) is 0 Å². The Morgan fingerprint density at radius 1 is 0.842 bits per heavy atom. The van der Waals surface area contributed by atoms with Crippen molar-refractivity contribution in [1.29, 1.82) is 0 Å². The average molecular weight is 775 g/mol. The number of nitrogens with zero attached hydrogens (tertiary/aromatic N) is 5. The van der Waals surface area contributed by atoms with Gasteiger partial charge < -0.3 is 48.3 Å². The molecule has 2 fully saturated rings. The van der Waals surface area contributed by atoms with Gasteiger partial charge in [0, 0.05) is 67.5 Å². The van der Waals surface area contributed by atoms with Crippen molar-refractivity contribution < 1.29 is 33.5 Å². The van der Waals surface area contributed by atoms with E-state index in [0.29, 0.717) is 31.2 Å². The minimum Gasteiger partial charge on any atom is -0.497 e. The Morgan fingerprint density at radius 2 is 1.54 bits per heavy atom. The number of hydrogen-bond donors (Lipinski definition) is 2. The molecule has 1 saturated carbocycles. The fourth-order valence-corrected chi connectivity index (χ4v) is 8.11. The van der Waals surface area contributed by atoms with Gasteiger partial charge in [-0.15, -0.1) is 0 Å². The number of benzene rings is 3. The number of ether oxygens (including phenoxy) is 6. The van der Waals surface area contributed by atoms with Gasteiger partial charge in [-0.25, -0.2) is 15.0 Å². The molecule has 0 radical (unpaired) electrons. The molecular formula is C44H50N6O7. The summed E-state index contributed by atoms with van der Waals surface area (Å²) in [5.41, 5.74) is 4.80. The lowest BCUT2D eigenvalue weighted by Crippen LogP contribution is -2.28. The first kappa shape index (κ1) is 38.1. The molecule has 1 saturated heterocycles. The molecule has 2 aliphatic rings. The summed E-state index contributed by atoms with van der Waals surface area (Å²) in [5, 5.41) is 16.8. The van der Waals surface area contributed by atoms with Crippen molar-refractivity contribution in [3.05, 3.63) is 95.9 Å². The Hall–Kier alpha value is -5.79. The van der Waals surface area contributed by atoms with Crippen molar-refractivity contribution in [3.63, 3.8) is 0 Å². The summed E-state index contributed by atoms with van der Waals surface area (Å²) in [6, 6.07) is 21.5. The molecule has 0 bridgehead atoms. The fraction of sp³-hybridized carbons (Fsp3) is 0.386. The molecule has 0 unspecified atom stereocenters. The molecule has 13 nitrogen and oxygen atoms in total. The van der Waals surface area contributed by atoms with Crippen LogP contribution in [0.15, 0.2) is 79.3 Å². The van der Waals surface area contributed by atoms with Gasteiger partial charge in [0.25, 0.3) is 0 Å². The van der Waals surface area contributed by atoms with Crippen LogP contribution in [0.5, 0.6) is 28.7 Å². The van der Waals surface area contributed by atoms with Crippen molar-refractivity contribution in [3.8, 4) is 28.7 Å². The lowest BCUT2D eigenvalue weighted by atomic mass is 9.98. The zero-order chi connectivity index (χ0) is 39.5. The number of nitrogens with one attached hydrogen (secondary N) is 1. The Bertz CT molecular complexity index is 2340. The Morgan fingerprint density at radius 3 is 2.28 bits per heavy atom. The van der Waals surface area contributed by atoms with Gasteiger partial charge in [-0.05, 0) is 72.9 Å². The van der Waals surface area contributed by atoms with E-state index in [4.69, 9.17) is 43.4 Å². The maximum absolute atomic E-state index is 11.3. The van der Waals surface area contributed by atoms with Crippen LogP contribution in [-0.4, -0.2) is 78.9 Å². The lowest BCUT2D eigenvalue weighted by molar-refractivity contribution is -0.0379. The average Bonchev–Trinajstić information content (AvgIpc) is 4.01. The third-order valence-electron chi connectivity index (χ3n) is 11.2. The first-order valence-electron chi connectivity index (χ1n) is 19.4. The van der Waals surface area contributed by atoms with Crippen molar-refractivity contribution >= 4 is 33.6 Å². The summed E-state index contributed by atoms with van der Waals surface area (Å²) in [4.78, 5) is 16.5. The highest BCUT2D eigenvalue weighted by molar-refractivity contribution is 5.91. The van der Waals surface area contributed by atoms with Gasteiger partial charge in [0.05, 0.1) is 45.4 Å². The van der Waals surface area contributed by atoms with Crippen molar-refractivity contribution in [1.82, 2.24) is 19.5 Å². The molecule has 4 heterocycles. The summed E-state index contributed by atoms with van der Waals surface area (Å²) in [7, 11) is 8.60. The van der Waals surface area contributed by atoms with Gasteiger partial charge >= 0.3 is 0 Å². The number of anilines is 2. The van der Waals surface area contributed by atoms with Crippen LogP contribution in [0.25, 0.3) is 21.9 Å². The smallest absolute Gasteiger partial charge is 0.147 e. The van der Waals surface area contributed by atoms with Gasteiger partial charge in [0.1, 0.15) is 71.3 Å². The molecule has 3 atom stereocenters. The van der Waals surface area contributed by atoms with Crippen LogP contribution in [0.1, 0.15) is 60.9 Å². The minimum absolute atomic E-state index is 0.181. The van der Waals surface area contributed by atoms with Crippen LogP contribution < -0.4 is 33.9 Å². The third-order valence-corrected chi connectivity index (χ3v) is 11.2. The van der Waals surface area contributed by atoms with Gasteiger partial charge in [0.2, 0.25) is 0 Å². The topological polar surface area (TPSA) is 134 Å². The Labute approximate surface area is 332 Å². The zero-order valence-electron chi connectivity index (χ0n) is 33.1. The van der Waals surface area contributed by atoms with E-state index in [2.05, 4.69) is 27.0 Å². The molecule has 0 spiro atoms. The van der Waals surface area contributed by atoms with Crippen LogP contribution in [0, 0.1) is 0 Å². The summed E-state index contributed by atoms with van der Waals surface area (Å²) in [6.07, 6.45) is 7.09. The molecular weight excluding hydrogens is 725 g/mol. The molecule has 6 aromatic rings. The number of aromatic nitrogens is 4. The van der Waals surface area contributed by atoms with Crippen LogP contribution in [-0.2, 0) is 17.8 Å². The third kappa shape index (κ3) is 7.94. The minimum atomic E-state index is -0.724. The van der Waals surface area contributed by atoms with Crippen LogP contribution in [0.4, 0.5) is 11.6 Å². The summed E-state index contributed by atoms with van der Waals surface area (Å²) >= 11 is 0. The second kappa shape index (κ2) is 16.7. The molecule has 8 rings (SSSR count). The highest BCUT2D eigenvalue weighted by atomic mass is 16.6. The van der Waals surface area contributed by atoms with E-state index in [1.54, 1.807) is 34.8 Å². The number of aliphatic hydroxyl groups is 1. The van der Waals surface area contributed by atoms with Gasteiger partial charge in [0.15, 0.2) is 0 Å². The lowest BCUT2D eigenvalue weighted by Gasteiger charge is -2.21. The van der Waals surface area contributed by atoms with Crippen LogP contribution >= 0.6 is 0 Å². The monoisotopic (exact) mass is 774 g/mol. The Balaban J connectivity index is 0.975. The number of pyridine rings is 1. The van der Waals surface area contributed by atoms with Gasteiger partial charge in [-0.1, -0.05) is 12.8 Å². The molecule has 57 heavy (non-hydrogen) atoms. The summed E-state index contributed by atoms with van der Waals surface area (Å²) in [6.45, 7) is 1.29.